The first-order valence-electron chi connectivity index (χ1n) is 4.22. The number of rotatable bonds is 4. The summed E-state index contributed by atoms with van der Waals surface area (Å²) in [5, 5.41) is 16.4. The lowest BCUT2D eigenvalue weighted by Crippen LogP contribution is -2.14. The maximum absolute atomic E-state index is 11.0. The minimum absolute atomic E-state index is 0.0170. The molecule has 15 heavy (non-hydrogen) atoms. The van der Waals surface area contributed by atoms with Crippen molar-refractivity contribution in [3.63, 3.8) is 0 Å². The Labute approximate surface area is 87.9 Å². The van der Waals surface area contributed by atoms with Gasteiger partial charge in [-0.2, -0.15) is 0 Å². The number of sulfonamides is 1. The number of nitrogens with one attached hydrogen (secondary N) is 1. The van der Waals surface area contributed by atoms with Crippen LogP contribution in [0.2, 0.25) is 0 Å². The van der Waals surface area contributed by atoms with Gasteiger partial charge in [-0.1, -0.05) is 0 Å². The van der Waals surface area contributed by atoms with Crippen molar-refractivity contribution in [2.24, 2.45) is 5.14 Å². The Balaban J connectivity index is 2.99. The van der Waals surface area contributed by atoms with Crippen LogP contribution in [-0.4, -0.2) is 26.7 Å². The zero-order chi connectivity index (χ0) is 11.5. The number of aliphatic hydroxyl groups excluding tert-OH is 1. The monoisotopic (exact) mass is 231 g/mol. The van der Waals surface area contributed by atoms with E-state index in [1.165, 1.54) is 18.2 Å². The Morgan fingerprint density at radius 3 is 2.53 bits per heavy atom. The van der Waals surface area contributed by atoms with Gasteiger partial charge in [0.15, 0.2) is 0 Å². The van der Waals surface area contributed by atoms with Crippen LogP contribution in [0.25, 0.3) is 0 Å². The van der Waals surface area contributed by atoms with E-state index in [0.717, 1.165) is 0 Å². The molecule has 6 nitrogen and oxygen atoms in total. The molecule has 0 fully saturated rings. The van der Waals surface area contributed by atoms with Gasteiger partial charge >= 0.3 is 0 Å². The van der Waals surface area contributed by atoms with Crippen LogP contribution in [0.15, 0.2) is 23.1 Å². The molecule has 0 aliphatic carbocycles. The summed E-state index contributed by atoms with van der Waals surface area (Å²) < 4.78 is 22.0. The SMILES string of the molecule is Nc1cc(NCCO)ccc1S(N)(=O)=O. The second-order valence-corrected chi connectivity index (χ2v) is 4.48. The molecule has 6 N–H and O–H groups in total. The lowest BCUT2D eigenvalue weighted by molar-refractivity contribution is 0.311. The third kappa shape index (κ3) is 3.08. The fourth-order valence-corrected chi connectivity index (χ4v) is 1.76. The molecule has 0 saturated carbocycles. The van der Waals surface area contributed by atoms with Crippen LogP contribution in [0.4, 0.5) is 11.4 Å². The summed E-state index contributed by atoms with van der Waals surface area (Å²) in [6.07, 6.45) is 0. The Morgan fingerprint density at radius 2 is 2.07 bits per heavy atom. The number of nitrogen functional groups attached to an aromatic ring is 1. The van der Waals surface area contributed by atoms with Crippen LogP contribution in [0.5, 0.6) is 0 Å². The highest BCUT2D eigenvalue weighted by Gasteiger charge is 2.11. The number of hydrogen-bond acceptors (Lipinski definition) is 5. The molecular weight excluding hydrogens is 218 g/mol. The van der Waals surface area contributed by atoms with E-state index in [4.69, 9.17) is 16.0 Å². The van der Waals surface area contributed by atoms with E-state index in [1.807, 2.05) is 0 Å². The molecule has 0 unspecified atom stereocenters. The molecule has 1 rings (SSSR count). The number of nitrogens with two attached hydrogens (primary N) is 2. The first kappa shape index (κ1) is 11.8. The molecule has 1 aromatic carbocycles. The summed E-state index contributed by atoms with van der Waals surface area (Å²) in [4.78, 5) is -0.1000. The fourth-order valence-electron chi connectivity index (χ4n) is 1.12. The molecule has 1 aromatic rings. The van der Waals surface area contributed by atoms with E-state index in [2.05, 4.69) is 5.32 Å². The number of anilines is 2. The minimum Gasteiger partial charge on any atom is -0.398 e. The van der Waals surface area contributed by atoms with E-state index < -0.39 is 10.0 Å². The van der Waals surface area contributed by atoms with Crippen molar-refractivity contribution < 1.29 is 13.5 Å². The van der Waals surface area contributed by atoms with Gasteiger partial charge in [0.2, 0.25) is 10.0 Å². The third-order valence-electron chi connectivity index (χ3n) is 1.76. The van der Waals surface area contributed by atoms with Gasteiger partial charge in [0.05, 0.1) is 12.3 Å². The van der Waals surface area contributed by atoms with E-state index >= 15 is 0 Å². The van der Waals surface area contributed by atoms with Gasteiger partial charge < -0.3 is 16.2 Å². The van der Waals surface area contributed by atoms with Crippen molar-refractivity contribution in [3.05, 3.63) is 18.2 Å². The van der Waals surface area contributed by atoms with E-state index in [-0.39, 0.29) is 17.2 Å². The Bertz CT molecular complexity index is 444. The summed E-state index contributed by atoms with van der Waals surface area (Å²) in [5.74, 6) is 0. The molecular formula is C8H13N3O3S. The minimum atomic E-state index is -3.77. The van der Waals surface area contributed by atoms with Gasteiger partial charge in [0, 0.05) is 12.2 Å². The van der Waals surface area contributed by atoms with Gasteiger partial charge in [-0.3, -0.25) is 0 Å². The van der Waals surface area contributed by atoms with Crippen LogP contribution in [0.3, 0.4) is 0 Å². The summed E-state index contributed by atoms with van der Waals surface area (Å²) in [5.41, 5.74) is 6.23. The molecule has 0 atom stereocenters. The second kappa shape index (κ2) is 4.47. The highest BCUT2D eigenvalue weighted by Crippen LogP contribution is 2.20. The smallest absolute Gasteiger partial charge is 0.240 e. The van der Waals surface area contributed by atoms with Crippen LogP contribution in [0.1, 0.15) is 0 Å². The molecule has 0 spiro atoms. The third-order valence-corrected chi connectivity index (χ3v) is 2.74. The lowest BCUT2D eigenvalue weighted by Gasteiger charge is -2.07. The topological polar surface area (TPSA) is 118 Å². The zero-order valence-corrected chi connectivity index (χ0v) is 8.79. The maximum atomic E-state index is 11.0. The van der Waals surface area contributed by atoms with Crippen molar-refractivity contribution in [1.29, 1.82) is 0 Å². The molecule has 0 amide bonds. The quantitative estimate of drug-likeness (QED) is 0.512. The molecule has 0 bridgehead atoms. The van der Waals surface area contributed by atoms with Crippen LogP contribution >= 0.6 is 0 Å². The van der Waals surface area contributed by atoms with Crippen molar-refractivity contribution in [1.82, 2.24) is 0 Å². The number of benzene rings is 1. The van der Waals surface area contributed by atoms with E-state index in [0.29, 0.717) is 12.2 Å². The van der Waals surface area contributed by atoms with Crippen LogP contribution in [0, 0.1) is 0 Å². The maximum Gasteiger partial charge on any atom is 0.240 e. The van der Waals surface area contributed by atoms with Crippen LogP contribution in [-0.2, 0) is 10.0 Å². The largest absolute Gasteiger partial charge is 0.398 e. The molecule has 0 aliphatic rings. The number of aliphatic hydroxyl groups is 1. The van der Waals surface area contributed by atoms with E-state index in [9.17, 15) is 8.42 Å². The van der Waals surface area contributed by atoms with Gasteiger partial charge in [-0.25, -0.2) is 13.6 Å². The van der Waals surface area contributed by atoms with Crippen molar-refractivity contribution in [2.45, 2.75) is 4.90 Å². The highest BCUT2D eigenvalue weighted by molar-refractivity contribution is 7.89. The average Bonchev–Trinajstić information content (AvgIpc) is 2.12. The molecule has 84 valence electrons. The predicted molar refractivity (Wildman–Crippen MR) is 57.8 cm³/mol. The van der Waals surface area contributed by atoms with E-state index in [1.54, 1.807) is 0 Å². The first-order chi connectivity index (χ1) is 6.95. The zero-order valence-electron chi connectivity index (χ0n) is 7.97. The highest BCUT2D eigenvalue weighted by atomic mass is 32.2. The Kier molecular flexibility index (Phi) is 3.51. The number of hydrogen-bond donors (Lipinski definition) is 4. The van der Waals surface area contributed by atoms with Crippen molar-refractivity contribution in [3.8, 4) is 0 Å². The molecule has 0 aromatic heterocycles. The summed E-state index contributed by atoms with van der Waals surface area (Å²) in [7, 11) is -3.77. The van der Waals surface area contributed by atoms with Gasteiger partial charge in [-0.15, -0.1) is 0 Å². The van der Waals surface area contributed by atoms with Gasteiger partial charge in [-0.05, 0) is 18.2 Å². The molecule has 0 heterocycles. The average molecular weight is 231 g/mol. The number of primary sulfonamides is 1. The standard InChI is InChI=1S/C8H13N3O3S/c9-7-5-6(11-3-4-12)1-2-8(7)15(10,13)14/h1-2,5,11-12H,3-4,9H2,(H2,10,13,14). The normalized spacial score (nSPS) is 11.3. The van der Waals surface area contributed by atoms with Gasteiger partial charge in [0.1, 0.15) is 4.90 Å². The summed E-state index contributed by atoms with van der Waals surface area (Å²) in [6.45, 7) is 0.352. The van der Waals surface area contributed by atoms with Crippen molar-refractivity contribution in [2.75, 3.05) is 24.2 Å². The molecule has 0 saturated heterocycles. The Morgan fingerprint density at radius 1 is 1.40 bits per heavy atom. The molecule has 0 aliphatic heterocycles. The first-order valence-corrected chi connectivity index (χ1v) is 5.77. The Hall–Kier alpha value is -1.31. The summed E-state index contributed by atoms with van der Waals surface area (Å²) in [6, 6.07) is 4.31. The predicted octanol–water partition coefficient (Wildman–Crippen LogP) is -0.680. The summed E-state index contributed by atoms with van der Waals surface area (Å²) >= 11 is 0. The molecule has 7 heteroatoms. The van der Waals surface area contributed by atoms with Crippen LogP contribution < -0.4 is 16.2 Å². The van der Waals surface area contributed by atoms with Gasteiger partial charge in [0.25, 0.3) is 0 Å². The molecule has 0 radical (unpaired) electrons. The fraction of sp³-hybridized carbons (Fsp3) is 0.250. The second-order valence-electron chi connectivity index (χ2n) is 2.95. The van der Waals surface area contributed by atoms with Crippen molar-refractivity contribution >= 4 is 21.4 Å². The lowest BCUT2D eigenvalue weighted by atomic mass is 10.3.